The van der Waals surface area contributed by atoms with E-state index in [0.29, 0.717) is 42.2 Å². The second-order valence-electron chi connectivity index (χ2n) is 6.86. The Morgan fingerprint density at radius 3 is 2.92 bits per heavy atom. The molecule has 2 aromatic heterocycles. The summed E-state index contributed by atoms with van der Waals surface area (Å²) in [6.45, 7) is 7.89. The fraction of sp³-hybridized carbons (Fsp3) is 0.556. The fourth-order valence-electron chi connectivity index (χ4n) is 2.87. The number of piperidine rings is 1. The minimum Gasteiger partial charge on any atom is -0.477 e. The van der Waals surface area contributed by atoms with Crippen LogP contribution in [-0.4, -0.2) is 45.6 Å². The van der Waals surface area contributed by atoms with Crippen molar-refractivity contribution in [3.63, 3.8) is 0 Å². The highest BCUT2D eigenvalue weighted by atomic mass is 16.5. The minimum atomic E-state index is -0.0242. The zero-order chi connectivity index (χ0) is 17.8. The number of aromatic nitrogens is 3. The maximum atomic E-state index is 12.7. The fourth-order valence-corrected chi connectivity index (χ4v) is 2.87. The van der Waals surface area contributed by atoms with Crippen LogP contribution in [0, 0.1) is 12.8 Å². The second kappa shape index (κ2) is 7.63. The van der Waals surface area contributed by atoms with E-state index in [1.165, 1.54) is 0 Å². The number of aryl methyl sites for hydroxylation is 1. The topological polar surface area (TPSA) is 81.4 Å². The molecule has 0 aromatic carbocycles. The molecule has 7 heteroatoms. The molecule has 0 bridgehead atoms. The standard InChI is InChI=1S/C18H24N4O3/c1-12(2)11-24-16-7-6-14(9-19-16)18(23)22-8-4-5-15(10-22)17-20-13(3)21-25-17/h6-7,9,12,15H,4-5,8,10-11H2,1-3H3/t15-/m0/s1. The number of amides is 1. The summed E-state index contributed by atoms with van der Waals surface area (Å²) in [6.07, 6.45) is 3.45. The van der Waals surface area contributed by atoms with Crippen LogP contribution in [0.15, 0.2) is 22.9 Å². The van der Waals surface area contributed by atoms with Gasteiger partial charge >= 0.3 is 0 Å². The molecule has 1 amide bonds. The summed E-state index contributed by atoms with van der Waals surface area (Å²) in [5.41, 5.74) is 0.569. The van der Waals surface area contributed by atoms with Gasteiger partial charge in [-0.25, -0.2) is 4.98 Å². The molecule has 1 atom stereocenters. The summed E-state index contributed by atoms with van der Waals surface area (Å²) < 4.78 is 10.8. The molecular formula is C18H24N4O3. The molecule has 3 heterocycles. The molecule has 3 rings (SSSR count). The molecule has 0 saturated carbocycles. The third kappa shape index (κ3) is 4.35. The first-order valence-corrected chi connectivity index (χ1v) is 8.71. The lowest BCUT2D eigenvalue weighted by atomic mass is 9.97. The SMILES string of the molecule is Cc1noc([C@H]2CCCN(C(=O)c3ccc(OCC(C)C)nc3)C2)n1. The molecule has 0 aliphatic carbocycles. The third-order valence-corrected chi connectivity index (χ3v) is 4.15. The van der Waals surface area contributed by atoms with Crippen molar-refractivity contribution in [2.75, 3.05) is 19.7 Å². The Kier molecular flexibility index (Phi) is 5.31. The Bertz CT molecular complexity index is 711. The maximum absolute atomic E-state index is 12.7. The smallest absolute Gasteiger partial charge is 0.255 e. The van der Waals surface area contributed by atoms with Gasteiger partial charge in [-0.2, -0.15) is 4.98 Å². The van der Waals surface area contributed by atoms with Crippen LogP contribution in [0.25, 0.3) is 0 Å². The van der Waals surface area contributed by atoms with Crippen LogP contribution in [-0.2, 0) is 0 Å². The predicted molar refractivity (Wildman–Crippen MR) is 91.5 cm³/mol. The van der Waals surface area contributed by atoms with E-state index in [1.54, 1.807) is 25.3 Å². The van der Waals surface area contributed by atoms with Gasteiger partial charge in [0.05, 0.1) is 18.1 Å². The van der Waals surface area contributed by atoms with Crippen molar-refractivity contribution >= 4 is 5.91 Å². The lowest BCUT2D eigenvalue weighted by Crippen LogP contribution is -2.39. The van der Waals surface area contributed by atoms with Gasteiger partial charge in [0.15, 0.2) is 5.82 Å². The van der Waals surface area contributed by atoms with Crippen LogP contribution in [0.3, 0.4) is 0 Å². The number of rotatable bonds is 5. The van der Waals surface area contributed by atoms with Gasteiger partial charge in [-0.15, -0.1) is 0 Å². The van der Waals surface area contributed by atoms with E-state index in [-0.39, 0.29) is 11.8 Å². The number of nitrogens with zero attached hydrogens (tertiary/aromatic N) is 4. The summed E-state index contributed by atoms with van der Waals surface area (Å²) in [4.78, 5) is 23.1. The summed E-state index contributed by atoms with van der Waals surface area (Å²) in [7, 11) is 0. The van der Waals surface area contributed by atoms with Crippen LogP contribution in [0.1, 0.15) is 54.7 Å². The molecule has 0 radical (unpaired) electrons. The van der Waals surface area contributed by atoms with E-state index in [2.05, 4.69) is 29.0 Å². The van der Waals surface area contributed by atoms with Crippen molar-refractivity contribution in [2.45, 2.75) is 39.5 Å². The second-order valence-corrected chi connectivity index (χ2v) is 6.86. The zero-order valence-corrected chi connectivity index (χ0v) is 14.9. The van der Waals surface area contributed by atoms with Crippen molar-refractivity contribution in [3.8, 4) is 5.88 Å². The molecule has 134 valence electrons. The minimum absolute atomic E-state index is 0.0242. The van der Waals surface area contributed by atoms with Crippen LogP contribution in [0.5, 0.6) is 5.88 Å². The molecule has 25 heavy (non-hydrogen) atoms. The monoisotopic (exact) mass is 344 g/mol. The molecule has 1 fully saturated rings. The summed E-state index contributed by atoms with van der Waals surface area (Å²) in [5, 5.41) is 3.85. The van der Waals surface area contributed by atoms with Gasteiger partial charge in [-0.3, -0.25) is 4.79 Å². The molecule has 7 nitrogen and oxygen atoms in total. The quantitative estimate of drug-likeness (QED) is 0.829. The van der Waals surface area contributed by atoms with Crippen molar-refractivity contribution in [3.05, 3.63) is 35.6 Å². The highest BCUT2D eigenvalue weighted by molar-refractivity contribution is 5.94. The van der Waals surface area contributed by atoms with E-state index in [1.807, 2.05) is 4.90 Å². The van der Waals surface area contributed by atoms with Crippen LogP contribution in [0.4, 0.5) is 0 Å². The van der Waals surface area contributed by atoms with Gasteiger partial charge in [-0.1, -0.05) is 19.0 Å². The highest BCUT2D eigenvalue weighted by Gasteiger charge is 2.28. The molecule has 0 unspecified atom stereocenters. The van der Waals surface area contributed by atoms with Crippen LogP contribution < -0.4 is 4.74 Å². The van der Waals surface area contributed by atoms with Crippen molar-refractivity contribution < 1.29 is 14.1 Å². The Balaban J connectivity index is 1.63. The molecule has 1 saturated heterocycles. The number of likely N-dealkylation sites (tertiary alicyclic amines) is 1. The normalized spacial score (nSPS) is 17.8. The summed E-state index contributed by atoms with van der Waals surface area (Å²) in [6, 6.07) is 3.52. The number of hydrogen-bond acceptors (Lipinski definition) is 6. The number of carbonyl (C=O) groups excluding carboxylic acids is 1. The maximum Gasteiger partial charge on any atom is 0.255 e. The van der Waals surface area contributed by atoms with E-state index in [0.717, 1.165) is 19.4 Å². The first-order chi connectivity index (χ1) is 12.0. The Hall–Kier alpha value is -2.44. The zero-order valence-electron chi connectivity index (χ0n) is 14.9. The Morgan fingerprint density at radius 2 is 2.28 bits per heavy atom. The molecule has 0 spiro atoms. The van der Waals surface area contributed by atoms with E-state index in [9.17, 15) is 4.79 Å². The van der Waals surface area contributed by atoms with Gasteiger partial charge < -0.3 is 14.2 Å². The van der Waals surface area contributed by atoms with Gasteiger partial charge in [0.1, 0.15) is 0 Å². The lowest BCUT2D eigenvalue weighted by Gasteiger charge is -2.31. The number of pyridine rings is 1. The molecule has 1 aliphatic heterocycles. The average Bonchev–Trinajstić information content (AvgIpc) is 3.06. The molecule has 1 aliphatic rings. The predicted octanol–water partition coefficient (Wildman–Crippen LogP) is 2.83. The highest BCUT2D eigenvalue weighted by Crippen LogP contribution is 2.26. The number of ether oxygens (including phenoxy) is 1. The van der Waals surface area contributed by atoms with Gasteiger partial charge in [0, 0.05) is 25.4 Å². The summed E-state index contributed by atoms with van der Waals surface area (Å²) >= 11 is 0. The lowest BCUT2D eigenvalue weighted by molar-refractivity contribution is 0.0695. The van der Waals surface area contributed by atoms with Crippen molar-refractivity contribution in [2.24, 2.45) is 5.92 Å². The van der Waals surface area contributed by atoms with Crippen LogP contribution >= 0.6 is 0 Å². The van der Waals surface area contributed by atoms with Crippen LogP contribution in [0.2, 0.25) is 0 Å². The van der Waals surface area contributed by atoms with Gasteiger partial charge in [-0.05, 0) is 31.7 Å². The summed E-state index contributed by atoms with van der Waals surface area (Å²) in [5.74, 6) is 2.29. The van der Waals surface area contributed by atoms with E-state index < -0.39 is 0 Å². The van der Waals surface area contributed by atoms with E-state index >= 15 is 0 Å². The average molecular weight is 344 g/mol. The largest absolute Gasteiger partial charge is 0.477 e. The Labute approximate surface area is 147 Å². The van der Waals surface area contributed by atoms with Crippen molar-refractivity contribution in [1.29, 1.82) is 0 Å². The molecule has 2 aromatic rings. The molecule has 0 N–H and O–H groups in total. The first kappa shape index (κ1) is 17.4. The third-order valence-electron chi connectivity index (χ3n) is 4.15. The number of hydrogen-bond donors (Lipinski definition) is 0. The van der Waals surface area contributed by atoms with Gasteiger partial charge in [0.2, 0.25) is 11.8 Å². The van der Waals surface area contributed by atoms with Gasteiger partial charge in [0.25, 0.3) is 5.91 Å². The first-order valence-electron chi connectivity index (χ1n) is 8.71. The Morgan fingerprint density at radius 1 is 1.44 bits per heavy atom. The van der Waals surface area contributed by atoms with Crippen molar-refractivity contribution in [1.82, 2.24) is 20.0 Å². The molecular weight excluding hydrogens is 320 g/mol. The van der Waals surface area contributed by atoms with E-state index in [4.69, 9.17) is 9.26 Å². The number of carbonyl (C=O) groups is 1.